The first-order valence-electron chi connectivity index (χ1n) is 6.51. The summed E-state index contributed by atoms with van der Waals surface area (Å²) in [4.78, 5) is 24.1. The Hall–Kier alpha value is -3.03. The molecule has 0 aliphatic heterocycles. The zero-order valence-electron chi connectivity index (χ0n) is 12.3. The van der Waals surface area contributed by atoms with Gasteiger partial charge in [0.15, 0.2) is 0 Å². The van der Waals surface area contributed by atoms with E-state index in [4.69, 9.17) is 0 Å². The molecule has 0 saturated heterocycles. The highest BCUT2D eigenvalue weighted by molar-refractivity contribution is 6.08. The van der Waals surface area contributed by atoms with E-state index in [-0.39, 0.29) is 16.9 Å². The molecular weight excluding hydrogens is 308 g/mol. The van der Waals surface area contributed by atoms with Crippen molar-refractivity contribution in [2.24, 2.45) is 0 Å². The van der Waals surface area contributed by atoms with Crippen LogP contribution >= 0.6 is 0 Å². The second-order valence-corrected chi connectivity index (χ2v) is 4.93. The fraction of sp³-hybridized carbons (Fsp3) is 0.133. The summed E-state index contributed by atoms with van der Waals surface area (Å²) in [6, 6.07) is 6.39. The summed E-state index contributed by atoms with van der Waals surface area (Å²) < 4.78 is 26.8. The fourth-order valence-electron chi connectivity index (χ4n) is 1.99. The largest absolute Gasteiger partial charge is 0.377 e. The van der Waals surface area contributed by atoms with Gasteiger partial charge in [-0.2, -0.15) is 0 Å². The molecule has 23 heavy (non-hydrogen) atoms. The van der Waals surface area contributed by atoms with E-state index in [1.807, 2.05) is 0 Å². The lowest BCUT2D eigenvalue weighted by Crippen LogP contribution is -2.19. The molecule has 6 nitrogen and oxygen atoms in total. The molecule has 0 aromatic heterocycles. The summed E-state index contributed by atoms with van der Waals surface area (Å²) >= 11 is 0. The van der Waals surface area contributed by atoms with Gasteiger partial charge in [0, 0.05) is 38.0 Å². The van der Waals surface area contributed by atoms with E-state index in [0.29, 0.717) is 5.69 Å². The highest BCUT2D eigenvalue weighted by Gasteiger charge is 2.19. The van der Waals surface area contributed by atoms with Crippen molar-refractivity contribution in [1.29, 1.82) is 0 Å². The van der Waals surface area contributed by atoms with E-state index in [0.717, 1.165) is 24.3 Å². The lowest BCUT2D eigenvalue weighted by atomic mass is 10.1. The molecule has 0 unspecified atom stereocenters. The van der Waals surface area contributed by atoms with Gasteiger partial charge in [0.1, 0.15) is 11.6 Å². The number of nitrogens with one attached hydrogen (secondary N) is 1. The number of rotatable bonds is 4. The molecule has 0 bridgehead atoms. The highest BCUT2D eigenvalue weighted by atomic mass is 19.1. The fourth-order valence-corrected chi connectivity index (χ4v) is 1.99. The van der Waals surface area contributed by atoms with E-state index >= 15 is 0 Å². The number of halogens is 2. The second-order valence-electron chi connectivity index (χ2n) is 4.93. The quantitative estimate of drug-likeness (QED) is 0.693. The third-order valence-electron chi connectivity index (χ3n) is 3.09. The molecule has 0 aliphatic carbocycles. The lowest BCUT2D eigenvalue weighted by Gasteiger charge is -2.17. The summed E-state index contributed by atoms with van der Waals surface area (Å²) in [7, 11) is 3.31. The molecule has 0 spiro atoms. The van der Waals surface area contributed by atoms with Crippen molar-refractivity contribution in [3.05, 3.63) is 63.7 Å². The minimum atomic E-state index is -0.809. The number of carbonyl (C=O) groups is 1. The average molecular weight is 321 g/mol. The molecule has 2 aromatic carbocycles. The van der Waals surface area contributed by atoms with E-state index in [1.165, 1.54) is 12.1 Å². The van der Waals surface area contributed by atoms with Crippen LogP contribution in [0.25, 0.3) is 0 Å². The number of amides is 1. The van der Waals surface area contributed by atoms with Crippen LogP contribution in [0.15, 0.2) is 36.4 Å². The number of non-ortho nitro benzene ring substituents is 1. The van der Waals surface area contributed by atoms with Gasteiger partial charge >= 0.3 is 0 Å². The first-order chi connectivity index (χ1) is 10.8. The minimum absolute atomic E-state index is 0.0205. The maximum atomic E-state index is 13.6. The van der Waals surface area contributed by atoms with Crippen LogP contribution in [0, 0.1) is 21.7 Å². The van der Waals surface area contributed by atoms with Gasteiger partial charge < -0.3 is 10.2 Å². The molecule has 0 saturated carbocycles. The first-order valence-corrected chi connectivity index (χ1v) is 6.51. The van der Waals surface area contributed by atoms with Crippen LogP contribution in [0.3, 0.4) is 0 Å². The van der Waals surface area contributed by atoms with Gasteiger partial charge in [-0.25, -0.2) is 8.78 Å². The Kier molecular flexibility index (Phi) is 4.54. The summed E-state index contributed by atoms with van der Waals surface area (Å²) in [5.41, 5.74) is -0.232. The molecule has 0 atom stereocenters. The molecule has 0 heterocycles. The summed E-state index contributed by atoms with van der Waals surface area (Å²) in [6.45, 7) is 0. The van der Waals surface area contributed by atoms with Crippen molar-refractivity contribution in [3.8, 4) is 0 Å². The van der Waals surface area contributed by atoms with Crippen molar-refractivity contribution in [1.82, 2.24) is 0 Å². The number of benzene rings is 2. The number of nitrogens with zero attached hydrogens (tertiary/aromatic N) is 2. The van der Waals surface area contributed by atoms with Gasteiger partial charge in [-0.15, -0.1) is 0 Å². The Bertz CT molecular complexity index is 779. The number of nitro groups is 1. The van der Waals surface area contributed by atoms with Gasteiger partial charge in [0.05, 0.1) is 16.2 Å². The maximum absolute atomic E-state index is 13.6. The predicted molar refractivity (Wildman–Crippen MR) is 81.7 cm³/mol. The van der Waals surface area contributed by atoms with Gasteiger partial charge in [0.2, 0.25) is 0 Å². The zero-order chi connectivity index (χ0) is 17.1. The molecule has 2 rings (SSSR count). The third-order valence-corrected chi connectivity index (χ3v) is 3.09. The van der Waals surface area contributed by atoms with Crippen LogP contribution in [-0.2, 0) is 0 Å². The Morgan fingerprint density at radius 1 is 1.17 bits per heavy atom. The Morgan fingerprint density at radius 2 is 1.87 bits per heavy atom. The number of hydrogen-bond donors (Lipinski definition) is 1. The summed E-state index contributed by atoms with van der Waals surface area (Å²) in [5.74, 6) is -2.30. The zero-order valence-corrected chi connectivity index (χ0v) is 12.3. The molecule has 0 fully saturated rings. The van der Waals surface area contributed by atoms with Gasteiger partial charge in [-0.1, -0.05) is 0 Å². The highest BCUT2D eigenvalue weighted by Crippen LogP contribution is 2.26. The summed E-state index contributed by atoms with van der Waals surface area (Å²) in [6.07, 6.45) is 0. The van der Waals surface area contributed by atoms with Gasteiger partial charge in [-0.3, -0.25) is 14.9 Å². The molecule has 0 radical (unpaired) electrons. The molecule has 2 aromatic rings. The smallest absolute Gasteiger partial charge is 0.270 e. The SMILES string of the molecule is CN(C)c1ccc([N+](=O)[O-])cc1C(=O)Nc1cc(F)ccc1F. The average Bonchev–Trinajstić information content (AvgIpc) is 2.50. The van der Waals surface area contributed by atoms with Crippen molar-refractivity contribution in [2.45, 2.75) is 0 Å². The van der Waals surface area contributed by atoms with E-state index in [2.05, 4.69) is 5.32 Å². The maximum Gasteiger partial charge on any atom is 0.270 e. The Labute approximate surface area is 130 Å². The van der Waals surface area contributed by atoms with Crippen molar-refractivity contribution in [3.63, 3.8) is 0 Å². The van der Waals surface area contributed by atoms with Crippen molar-refractivity contribution < 1.29 is 18.5 Å². The summed E-state index contributed by atoms with van der Waals surface area (Å²) in [5, 5.41) is 13.1. The molecule has 1 N–H and O–H groups in total. The number of nitro benzene ring substituents is 1. The topological polar surface area (TPSA) is 75.5 Å². The minimum Gasteiger partial charge on any atom is -0.377 e. The van der Waals surface area contributed by atoms with E-state index < -0.39 is 22.5 Å². The van der Waals surface area contributed by atoms with E-state index in [1.54, 1.807) is 19.0 Å². The standard InChI is InChI=1S/C15H13F2N3O3/c1-19(2)14-6-4-10(20(22)23)8-11(14)15(21)18-13-7-9(16)3-5-12(13)17/h3-8H,1-2H3,(H,18,21). The Balaban J connectivity index is 2.43. The van der Waals surface area contributed by atoms with Gasteiger partial charge in [0.25, 0.3) is 11.6 Å². The second kappa shape index (κ2) is 6.39. The van der Waals surface area contributed by atoms with Crippen LogP contribution in [0.1, 0.15) is 10.4 Å². The van der Waals surface area contributed by atoms with Crippen LogP contribution in [-0.4, -0.2) is 24.9 Å². The Morgan fingerprint density at radius 3 is 2.48 bits per heavy atom. The van der Waals surface area contributed by atoms with Crippen LogP contribution in [0.5, 0.6) is 0 Å². The molecular formula is C15H13F2N3O3. The van der Waals surface area contributed by atoms with Crippen LogP contribution in [0.2, 0.25) is 0 Å². The third kappa shape index (κ3) is 3.60. The predicted octanol–water partition coefficient (Wildman–Crippen LogP) is 3.19. The van der Waals surface area contributed by atoms with Gasteiger partial charge in [-0.05, 0) is 18.2 Å². The van der Waals surface area contributed by atoms with Crippen LogP contribution < -0.4 is 10.2 Å². The molecule has 8 heteroatoms. The number of hydrogen-bond acceptors (Lipinski definition) is 4. The number of anilines is 2. The normalized spacial score (nSPS) is 10.3. The lowest BCUT2D eigenvalue weighted by molar-refractivity contribution is -0.384. The first kappa shape index (κ1) is 16.3. The van der Waals surface area contributed by atoms with Crippen molar-refractivity contribution >= 4 is 23.0 Å². The molecule has 120 valence electrons. The number of carbonyl (C=O) groups excluding carboxylic acids is 1. The van der Waals surface area contributed by atoms with Crippen molar-refractivity contribution in [2.75, 3.05) is 24.3 Å². The molecule has 0 aliphatic rings. The van der Waals surface area contributed by atoms with E-state index in [9.17, 15) is 23.7 Å². The monoisotopic (exact) mass is 321 g/mol. The van der Waals surface area contributed by atoms with Crippen LogP contribution in [0.4, 0.5) is 25.8 Å². The molecule has 1 amide bonds.